The fourth-order valence-corrected chi connectivity index (χ4v) is 5.42. The van der Waals surface area contributed by atoms with Gasteiger partial charge in [0.25, 0.3) is 12.4 Å². The van der Waals surface area contributed by atoms with Gasteiger partial charge in [-0.1, -0.05) is 48.5 Å². The Labute approximate surface area is 237 Å². The highest BCUT2D eigenvalue weighted by atomic mass is 19.1. The lowest BCUT2D eigenvalue weighted by molar-refractivity contribution is -0.122. The van der Waals surface area contributed by atoms with Crippen molar-refractivity contribution in [2.45, 2.75) is 32.4 Å². The molecule has 0 aliphatic carbocycles. The summed E-state index contributed by atoms with van der Waals surface area (Å²) in [5.41, 5.74) is 11.0. The fourth-order valence-electron chi connectivity index (χ4n) is 5.42. The maximum atomic E-state index is 14.4. The molecule has 4 aromatic carbocycles. The summed E-state index contributed by atoms with van der Waals surface area (Å²) in [7, 11) is 1.67. The van der Waals surface area contributed by atoms with E-state index < -0.39 is 17.4 Å². The molecule has 41 heavy (non-hydrogen) atoms. The van der Waals surface area contributed by atoms with E-state index in [-0.39, 0.29) is 17.4 Å². The number of nitrogens with one attached hydrogen (secondary N) is 1. The molecule has 0 aromatic heterocycles. The summed E-state index contributed by atoms with van der Waals surface area (Å²) in [5.74, 6) is -0.712. The van der Waals surface area contributed by atoms with Crippen LogP contribution in [0.2, 0.25) is 0 Å². The van der Waals surface area contributed by atoms with Gasteiger partial charge < -0.3 is 20.7 Å². The van der Waals surface area contributed by atoms with E-state index in [1.165, 1.54) is 18.2 Å². The number of halogens is 1. The minimum Gasteiger partial charge on any atom is -0.428 e. The number of rotatable bonds is 7. The predicted molar refractivity (Wildman–Crippen MR) is 157 cm³/mol. The SMILES string of the molecule is Cc1ccc(F)cc1C(N)c1c(-c2ccc(C(=O)c3ccccc3)cc2OC=O)ccc2c1N(C)C(=O)C(C)(C)N2. The normalized spacial score (nSPS) is 14.6. The Balaban J connectivity index is 1.75. The summed E-state index contributed by atoms with van der Waals surface area (Å²) in [5, 5.41) is 3.30. The molecule has 4 aromatic rings. The lowest BCUT2D eigenvalue weighted by Gasteiger charge is -2.40. The average Bonchev–Trinajstić information content (AvgIpc) is 2.96. The van der Waals surface area contributed by atoms with Crippen LogP contribution in [0.25, 0.3) is 11.1 Å². The lowest BCUT2D eigenvalue weighted by Crippen LogP contribution is -2.53. The van der Waals surface area contributed by atoms with Gasteiger partial charge in [0, 0.05) is 29.3 Å². The van der Waals surface area contributed by atoms with Gasteiger partial charge in [-0.25, -0.2) is 4.39 Å². The number of carbonyl (C=O) groups is 3. The van der Waals surface area contributed by atoms with Gasteiger partial charge in [-0.15, -0.1) is 0 Å². The monoisotopic (exact) mass is 551 g/mol. The topological polar surface area (TPSA) is 102 Å². The number of ketones is 1. The van der Waals surface area contributed by atoms with Gasteiger partial charge in [-0.2, -0.15) is 0 Å². The number of aryl methyl sites for hydroxylation is 1. The van der Waals surface area contributed by atoms with E-state index in [9.17, 15) is 18.8 Å². The minimum absolute atomic E-state index is 0.143. The second-order valence-corrected chi connectivity index (χ2v) is 10.6. The van der Waals surface area contributed by atoms with Crippen LogP contribution in [-0.4, -0.2) is 30.7 Å². The fraction of sp³-hybridized carbons (Fsp3) is 0.182. The Morgan fingerprint density at radius 2 is 1.71 bits per heavy atom. The molecule has 1 heterocycles. The number of fused-ring (bicyclic) bond motifs is 1. The van der Waals surface area contributed by atoms with Crippen molar-refractivity contribution in [1.82, 2.24) is 0 Å². The Bertz CT molecular complexity index is 1680. The van der Waals surface area contributed by atoms with Crippen molar-refractivity contribution in [3.8, 4) is 16.9 Å². The van der Waals surface area contributed by atoms with Crippen molar-refractivity contribution in [3.05, 3.63) is 112 Å². The number of hydrogen-bond donors (Lipinski definition) is 2. The molecule has 8 heteroatoms. The summed E-state index contributed by atoms with van der Waals surface area (Å²) in [6.07, 6.45) is 0. The van der Waals surface area contributed by atoms with Crippen molar-refractivity contribution in [3.63, 3.8) is 0 Å². The molecule has 1 amide bonds. The smallest absolute Gasteiger partial charge is 0.298 e. The second kappa shape index (κ2) is 10.6. The van der Waals surface area contributed by atoms with E-state index in [0.29, 0.717) is 51.2 Å². The number of likely N-dealkylation sites (N-methyl/N-ethyl adjacent to an activating group) is 1. The quantitative estimate of drug-likeness (QED) is 0.223. The maximum absolute atomic E-state index is 14.4. The third-order valence-corrected chi connectivity index (χ3v) is 7.47. The zero-order chi connectivity index (χ0) is 29.5. The first-order valence-electron chi connectivity index (χ1n) is 13.1. The standard InChI is InChI=1S/C33H30FN3O4/c1-19-10-12-22(34)17-25(19)29(35)28-24(14-15-26-30(28)37(4)32(40)33(2,3)36-26)23-13-11-21(16-27(23)41-18-38)31(39)20-8-6-5-7-9-20/h5-18,29,36H,35H2,1-4H3. The van der Waals surface area contributed by atoms with Crippen LogP contribution in [0.4, 0.5) is 15.8 Å². The molecule has 0 saturated heterocycles. The Kier molecular flexibility index (Phi) is 7.19. The van der Waals surface area contributed by atoms with E-state index >= 15 is 0 Å². The van der Waals surface area contributed by atoms with E-state index in [0.717, 1.165) is 5.56 Å². The molecule has 1 aliphatic heterocycles. The molecule has 1 unspecified atom stereocenters. The first-order chi connectivity index (χ1) is 19.5. The predicted octanol–water partition coefficient (Wildman–Crippen LogP) is 5.78. The average molecular weight is 552 g/mol. The number of benzene rings is 4. The van der Waals surface area contributed by atoms with Crippen LogP contribution in [-0.2, 0) is 9.59 Å². The molecule has 0 saturated carbocycles. The Morgan fingerprint density at radius 1 is 1.00 bits per heavy atom. The molecule has 0 radical (unpaired) electrons. The molecular weight excluding hydrogens is 521 g/mol. The van der Waals surface area contributed by atoms with Gasteiger partial charge in [-0.3, -0.25) is 14.4 Å². The minimum atomic E-state index is -0.870. The number of nitrogens with two attached hydrogens (primary N) is 1. The van der Waals surface area contributed by atoms with E-state index in [2.05, 4.69) is 5.32 Å². The third-order valence-electron chi connectivity index (χ3n) is 7.47. The molecule has 3 N–H and O–H groups in total. The summed E-state index contributed by atoms with van der Waals surface area (Å²) in [4.78, 5) is 39.7. The van der Waals surface area contributed by atoms with Crippen molar-refractivity contribution in [2.75, 3.05) is 17.3 Å². The lowest BCUT2D eigenvalue weighted by atomic mass is 9.85. The van der Waals surface area contributed by atoms with Crippen LogP contribution >= 0.6 is 0 Å². The Morgan fingerprint density at radius 3 is 2.41 bits per heavy atom. The third kappa shape index (κ3) is 4.98. The molecule has 7 nitrogen and oxygen atoms in total. The van der Waals surface area contributed by atoms with Crippen LogP contribution in [0.5, 0.6) is 5.75 Å². The van der Waals surface area contributed by atoms with Gasteiger partial charge in [0.2, 0.25) is 0 Å². The van der Waals surface area contributed by atoms with Crippen LogP contribution in [0, 0.1) is 12.7 Å². The highest BCUT2D eigenvalue weighted by molar-refractivity contribution is 6.10. The number of carbonyl (C=O) groups excluding carboxylic acids is 3. The molecule has 208 valence electrons. The first-order valence-corrected chi connectivity index (χ1v) is 13.1. The van der Waals surface area contributed by atoms with Gasteiger partial charge in [0.1, 0.15) is 17.1 Å². The summed E-state index contributed by atoms with van der Waals surface area (Å²) in [6.45, 7) is 5.71. The summed E-state index contributed by atoms with van der Waals surface area (Å²) in [6, 6.07) is 20.8. The zero-order valence-corrected chi connectivity index (χ0v) is 23.2. The molecule has 1 atom stereocenters. The molecule has 0 bridgehead atoms. The van der Waals surface area contributed by atoms with E-state index in [1.807, 2.05) is 25.1 Å². The number of anilines is 2. The first kappa shape index (κ1) is 27.7. The molecular formula is C33H30FN3O4. The van der Waals surface area contributed by atoms with Crippen molar-refractivity contribution >= 4 is 29.5 Å². The van der Waals surface area contributed by atoms with Crippen LogP contribution in [0.15, 0.2) is 78.9 Å². The Hall–Kier alpha value is -4.82. The highest BCUT2D eigenvalue weighted by Crippen LogP contribution is 2.47. The second-order valence-electron chi connectivity index (χ2n) is 10.6. The van der Waals surface area contributed by atoms with Crippen LogP contribution < -0.4 is 20.7 Å². The summed E-state index contributed by atoms with van der Waals surface area (Å²) >= 11 is 0. The largest absolute Gasteiger partial charge is 0.428 e. The van der Waals surface area contributed by atoms with Crippen molar-refractivity contribution in [1.29, 1.82) is 0 Å². The number of nitrogens with zero attached hydrogens (tertiary/aromatic N) is 1. The van der Waals surface area contributed by atoms with Crippen LogP contribution in [0.3, 0.4) is 0 Å². The number of hydrogen-bond acceptors (Lipinski definition) is 6. The zero-order valence-electron chi connectivity index (χ0n) is 23.2. The van der Waals surface area contributed by atoms with Crippen molar-refractivity contribution < 1.29 is 23.5 Å². The number of amides is 1. The highest BCUT2D eigenvalue weighted by Gasteiger charge is 2.40. The van der Waals surface area contributed by atoms with Gasteiger partial charge >= 0.3 is 0 Å². The summed E-state index contributed by atoms with van der Waals surface area (Å²) < 4.78 is 19.8. The van der Waals surface area contributed by atoms with Gasteiger partial charge in [-0.05, 0) is 67.8 Å². The van der Waals surface area contributed by atoms with Gasteiger partial charge in [0.05, 0.1) is 17.4 Å². The molecule has 5 rings (SSSR count). The molecule has 0 spiro atoms. The molecule has 0 fully saturated rings. The van der Waals surface area contributed by atoms with E-state index in [4.69, 9.17) is 10.5 Å². The molecule has 1 aliphatic rings. The number of ether oxygens (including phenoxy) is 1. The van der Waals surface area contributed by atoms with Crippen LogP contribution in [0.1, 0.15) is 52.5 Å². The van der Waals surface area contributed by atoms with Gasteiger partial charge in [0.15, 0.2) is 5.78 Å². The van der Waals surface area contributed by atoms with Crippen molar-refractivity contribution in [2.24, 2.45) is 5.73 Å². The van der Waals surface area contributed by atoms with E-state index in [1.54, 1.807) is 68.3 Å². The maximum Gasteiger partial charge on any atom is 0.298 e.